The van der Waals surface area contributed by atoms with Crippen LogP contribution in [0.5, 0.6) is 11.5 Å². The zero-order chi connectivity index (χ0) is 17.6. The molecule has 140 valence electrons. The molecule has 5 aliphatic rings. The molecule has 1 spiro atoms. The molecule has 3 aliphatic carbocycles. The molecule has 2 bridgehead atoms. The topological polar surface area (TPSA) is 52.9 Å². The normalized spacial score (nSPS) is 40.2. The van der Waals surface area contributed by atoms with Crippen LogP contribution in [-0.2, 0) is 18.3 Å². The van der Waals surface area contributed by atoms with Crippen LogP contribution in [0.2, 0.25) is 0 Å². The average molecular weight is 355 g/mol. The molecule has 1 aromatic carbocycles. The molecule has 3 fully saturated rings. The van der Waals surface area contributed by atoms with E-state index in [0.717, 1.165) is 44.6 Å². The molecule has 2 saturated carbocycles. The summed E-state index contributed by atoms with van der Waals surface area (Å²) < 4.78 is 6.33. The highest BCUT2D eigenvalue weighted by Gasteiger charge is 2.66. The van der Waals surface area contributed by atoms with Gasteiger partial charge in [0.25, 0.3) is 0 Å². The monoisotopic (exact) mass is 355 g/mol. The number of aryl methyl sites for hydroxylation is 1. The summed E-state index contributed by atoms with van der Waals surface area (Å²) in [5.41, 5.74) is 3.92. The highest BCUT2D eigenvalue weighted by Crippen LogP contribution is 2.64. The molecular formula is C22H29NO3. The summed E-state index contributed by atoms with van der Waals surface area (Å²) in [6.07, 6.45) is 7.24. The molecule has 0 unspecified atom stereocenters. The lowest BCUT2D eigenvalue weighted by atomic mass is 9.51. The Morgan fingerprint density at radius 3 is 2.88 bits per heavy atom. The predicted molar refractivity (Wildman–Crippen MR) is 98.7 cm³/mol. The number of aliphatic hydroxyl groups excluding tert-OH is 1. The maximum Gasteiger partial charge on any atom is 0.165 e. The molecule has 1 aromatic rings. The van der Waals surface area contributed by atoms with E-state index in [-0.39, 0.29) is 17.3 Å². The van der Waals surface area contributed by atoms with Crippen molar-refractivity contribution in [3.63, 3.8) is 0 Å². The van der Waals surface area contributed by atoms with Gasteiger partial charge in [0.15, 0.2) is 11.5 Å². The first-order valence-electron chi connectivity index (χ1n) is 10.6. The van der Waals surface area contributed by atoms with Gasteiger partial charge in [0.1, 0.15) is 6.10 Å². The smallest absolute Gasteiger partial charge is 0.165 e. The number of phenols is 1. The predicted octanol–water partition coefficient (Wildman–Crippen LogP) is 2.76. The first-order chi connectivity index (χ1) is 12.6. The molecule has 5 atom stereocenters. The molecule has 4 nitrogen and oxygen atoms in total. The maximum absolute atomic E-state index is 10.8. The first-order valence-corrected chi connectivity index (χ1v) is 10.6. The van der Waals surface area contributed by atoms with Gasteiger partial charge in [-0.2, -0.15) is 0 Å². The molecule has 2 aliphatic heterocycles. The number of rotatable bonds is 3. The van der Waals surface area contributed by atoms with E-state index < -0.39 is 6.10 Å². The lowest BCUT2D eigenvalue weighted by Crippen LogP contribution is -2.67. The van der Waals surface area contributed by atoms with Crippen molar-refractivity contribution in [3.8, 4) is 11.5 Å². The second-order valence-corrected chi connectivity index (χ2v) is 9.38. The molecule has 1 saturated heterocycles. The summed E-state index contributed by atoms with van der Waals surface area (Å²) in [5, 5.41) is 21.5. The van der Waals surface area contributed by atoms with Gasteiger partial charge in [0.05, 0.1) is 6.10 Å². The Morgan fingerprint density at radius 1 is 1.27 bits per heavy atom. The fourth-order valence-electron chi connectivity index (χ4n) is 6.93. The lowest BCUT2D eigenvalue weighted by molar-refractivity contribution is -0.105. The van der Waals surface area contributed by atoms with Crippen LogP contribution in [-0.4, -0.2) is 46.5 Å². The number of hydrogen-bond acceptors (Lipinski definition) is 4. The minimum Gasteiger partial charge on any atom is -0.504 e. The lowest BCUT2D eigenvalue weighted by Gasteiger charge is -2.59. The zero-order valence-corrected chi connectivity index (χ0v) is 15.6. The first kappa shape index (κ1) is 15.8. The van der Waals surface area contributed by atoms with Gasteiger partial charge in [-0.1, -0.05) is 6.92 Å². The molecule has 2 N–H and O–H groups in total. The van der Waals surface area contributed by atoms with Gasteiger partial charge in [-0.15, -0.1) is 0 Å². The molecule has 4 heteroatoms. The Kier molecular flexibility index (Phi) is 3.13. The Bertz CT molecular complexity index is 773. The molecule has 6 rings (SSSR count). The number of hydrogen-bond donors (Lipinski definition) is 2. The van der Waals surface area contributed by atoms with Crippen molar-refractivity contribution in [1.29, 1.82) is 0 Å². The van der Waals surface area contributed by atoms with Crippen LogP contribution in [0.25, 0.3) is 0 Å². The maximum atomic E-state index is 10.8. The van der Waals surface area contributed by atoms with Crippen LogP contribution in [0.15, 0.2) is 6.07 Å². The largest absolute Gasteiger partial charge is 0.504 e. The minimum absolute atomic E-state index is 0.0754. The van der Waals surface area contributed by atoms with E-state index in [0.29, 0.717) is 17.7 Å². The number of aromatic hydroxyl groups is 1. The van der Waals surface area contributed by atoms with Crippen LogP contribution < -0.4 is 4.74 Å². The van der Waals surface area contributed by atoms with Gasteiger partial charge < -0.3 is 14.9 Å². The highest BCUT2D eigenvalue weighted by molar-refractivity contribution is 5.63. The van der Waals surface area contributed by atoms with Gasteiger partial charge in [-0.3, -0.25) is 4.90 Å². The number of piperidine rings is 1. The van der Waals surface area contributed by atoms with Gasteiger partial charge in [0, 0.05) is 23.6 Å². The van der Waals surface area contributed by atoms with Crippen molar-refractivity contribution in [1.82, 2.24) is 4.90 Å². The Morgan fingerprint density at radius 2 is 2.12 bits per heavy atom. The molecule has 0 amide bonds. The SMILES string of the molecule is CCc1cc(O)c2c3c1C[C@@H]1[C@@H]4CC[C@H](O)[C@H](O2)[C@]34CCN1CC1CC1. The highest BCUT2D eigenvalue weighted by atomic mass is 16.5. The molecular weight excluding hydrogens is 326 g/mol. The summed E-state index contributed by atoms with van der Waals surface area (Å²) in [6.45, 7) is 4.55. The van der Waals surface area contributed by atoms with Crippen LogP contribution in [0.4, 0.5) is 0 Å². The fourth-order valence-corrected chi connectivity index (χ4v) is 6.93. The minimum atomic E-state index is -0.412. The van der Waals surface area contributed by atoms with Crippen molar-refractivity contribution in [2.24, 2.45) is 11.8 Å². The van der Waals surface area contributed by atoms with Crippen molar-refractivity contribution in [3.05, 3.63) is 22.8 Å². The van der Waals surface area contributed by atoms with Gasteiger partial charge in [0.2, 0.25) is 0 Å². The number of likely N-dealkylation sites (tertiary alicyclic amines) is 1. The van der Waals surface area contributed by atoms with Crippen LogP contribution >= 0.6 is 0 Å². The van der Waals surface area contributed by atoms with Crippen LogP contribution in [0, 0.1) is 11.8 Å². The summed E-state index contributed by atoms with van der Waals surface area (Å²) in [7, 11) is 0. The van der Waals surface area contributed by atoms with Crippen LogP contribution in [0.1, 0.15) is 55.7 Å². The van der Waals surface area contributed by atoms with E-state index in [1.165, 1.54) is 36.1 Å². The molecule has 0 radical (unpaired) electrons. The quantitative estimate of drug-likeness (QED) is 0.875. The number of nitrogens with zero attached hydrogens (tertiary/aromatic N) is 1. The number of phenolic OH excluding ortho intramolecular Hbond substituents is 1. The standard InChI is InChI=1S/C22H29NO3/c1-2-13-9-18(25)20-19-14(13)10-16-15-5-6-17(24)21(26-20)22(15,19)7-8-23(16)11-12-3-4-12/h9,12,15-17,21,24-25H,2-8,10-11H2,1H3/t15-,16+,17-,21-,22-/m0/s1. The number of aliphatic hydroxyl groups is 1. The van der Waals surface area contributed by atoms with E-state index in [1.807, 2.05) is 6.07 Å². The van der Waals surface area contributed by atoms with Crippen LogP contribution in [0.3, 0.4) is 0 Å². The summed E-state index contributed by atoms with van der Waals surface area (Å²) in [5.74, 6) is 2.45. The van der Waals surface area contributed by atoms with E-state index in [4.69, 9.17) is 4.74 Å². The number of ether oxygens (including phenoxy) is 1. The van der Waals surface area contributed by atoms with Crippen molar-refractivity contribution in [2.75, 3.05) is 13.1 Å². The van der Waals surface area contributed by atoms with Crippen molar-refractivity contribution >= 4 is 0 Å². The fraction of sp³-hybridized carbons (Fsp3) is 0.727. The Balaban J connectivity index is 1.55. The van der Waals surface area contributed by atoms with Crippen molar-refractivity contribution in [2.45, 2.75) is 75.5 Å². The van der Waals surface area contributed by atoms with Gasteiger partial charge in [-0.25, -0.2) is 0 Å². The summed E-state index contributed by atoms with van der Waals surface area (Å²) >= 11 is 0. The molecule has 2 heterocycles. The second kappa shape index (κ2) is 5.17. The summed E-state index contributed by atoms with van der Waals surface area (Å²) in [4.78, 5) is 2.77. The van der Waals surface area contributed by atoms with E-state index >= 15 is 0 Å². The van der Waals surface area contributed by atoms with E-state index in [9.17, 15) is 10.2 Å². The van der Waals surface area contributed by atoms with Gasteiger partial charge in [-0.05, 0) is 80.5 Å². The second-order valence-electron chi connectivity index (χ2n) is 9.38. The number of benzene rings is 1. The van der Waals surface area contributed by atoms with Gasteiger partial charge >= 0.3 is 0 Å². The average Bonchev–Trinajstić information content (AvgIpc) is 3.38. The van der Waals surface area contributed by atoms with E-state index in [2.05, 4.69) is 11.8 Å². The van der Waals surface area contributed by atoms with E-state index in [1.54, 1.807) is 0 Å². The Hall–Kier alpha value is -1.26. The van der Waals surface area contributed by atoms with Crippen molar-refractivity contribution < 1.29 is 14.9 Å². The third kappa shape index (κ3) is 1.83. The molecule has 0 aromatic heterocycles. The third-order valence-electron chi connectivity index (χ3n) is 8.19. The Labute approximate surface area is 155 Å². The molecule has 26 heavy (non-hydrogen) atoms. The third-order valence-corrected chi connectivity index (χ3v) is 8.19. The summed E-state index contributed by atoms with van der Waals surface area (Å²) in [6, 6.07) is 2.51. The zero-order valence-electron chi connectivity index (χ0n) is 15.6.